The summed E-state index contributed by atoms with van der Waals surface area (Å²) in [6.07, 6.45) is 5.37. The minimum atomic E-state index is 0. The largest absolute Gasteiger partial charge is 0.497 e. The van der Waals surface area contributed by atoms with Crippen LogP contribution >= 0.6 is 35.7 Å². The van der Waals surface area contributed by atoms with E-state index in [-0.39, 0.29) is 24.0 Å². The Morgan fingerprint density at radius 1 is 1.12 bits per heavy atom. The number of nitrogens with one attached hydrogen (secondary N) is 2. The highest BCUT2D eigenvalue weighted by Gasteiger charge is 2.05. The van der Waals surface area contributed by atoms with Gasteiger partial charge in [-0.1, -0.05) is 0 Å². The lowest BCUT2D eigenvalue weighted by atomic mass is 10.1. The molecule has 24 heavy (non-hydrogen) atoms. The number of halogens is 1. The number of hydrogen-bond acceptors (Lipinski definition) is 4. The summed E-state index contributed by atoms with van der Waals surface area (Å²) in [6, 6.07) is 5.86. The fraction of sp³-hybridized carbons (Fsp3) is 0.588. The summed E-state index contributed by atoms with van der Waals surface area (Å²) < 4.78 is 10.7. The van der Waals surface area contributed by atoms with E-state index in [9.17, 15) is 0 Å². The SMILES string of the molecule is CN=C(NCCCCSC)NCCc1cc(OC)ccc1OC.I. The van der Waals surface area contributed by atoms with Crippen molar-refractivity contribution < 1.29 is 9.47 Å². The number of hydrogen-bond donors (Lipinski definition) is 2. The van der Waals surface area contributed by atoms with E-state index in [4.69, 9.17) is 9.47 Å². The molecule has 0 aliphatic rings. The first kappa shape index (κ1) is 23.2. The number of benzene rings is 1. The molecule has 0 aliphatic heterocycles. The zero-order valence-corrected chi connectivity index (χ0v) is 18.2. The number of rotatable bonds is 10. The van der Waals surface area contributed by atoms with Gasteiger partial charge >= 0.3 is 0 Å². The maximum atomic E-state index is 5.40. The van der Waals surface area contributed by atoms with E-state index in [2.05, 4.69) is 21.9 Å². The van der Waals surface area contributed by atoms with Crippen LogP contribution < -0.4 is 20.1 Å². The predicted molar refractivity (Wildman–Crippen MR) is 116 cm³/mol. The zero-order chi connectivity index (χ0) is 16.9. The second-order valence-corrected chi connectivity index (χ2v) is 6.04. The molecule has 138 valence electrons. The highest BCUT2D eigenvalue weighted by atomic mass is 127. The normalized spacial score (nSPS) is 10.8. The molecule has 0 radical (unpaired) electrons. The summed E-state index contributed by atoms with van der Waals surface area (Å²) in [5, 5.41) is 6.67. The highest BCUT2D eigenvalue weighted by molar-refractivity contribution is 14.0. The van der Waals surface area contributed by atoms with Crippen LogP contribution in [0, 0.1) is 0 Å². The van der Waals surface area contributed by atoms with Crippen LogP contribution in [0.1, 0.15) is 18.4 Å². The third-order valence-corrected chi connectivity index (χ3v) is 4.16. The first-order valence-corrected chi connectivity index (χ1v) is 9.29. The number of ether oxygens (including phenoxy) is 2. The average Bonchev–Trinajstić information content (AvgIpc) is 2.59. The Labute approximate surface area is 167 Å². The lowest BCUT2D eigenvalue weighted by Crippen LogP contribution is -2.38. The zero-order valence-electron chi connectivity index (χ0n) is 15.1. The molecule has 0 unspecified atom stereocenters. The molecule has 1 rings (SSSR count). The molecule has 2 N–H and O–H groups in total. The topological polar surface area (TPSA) is 54.9 Å². The number of nitrogens with zero attached hydrogens (tertiary/aromatic N) is 1. The molecule has 0 amide bonds. The fourth-order valence-corrected chi connectivity index (χ4v) is 2.68. The standard InChI is InChI=1S/C17H29N3O2S.HI/c1-18-17(19-10-5-6-12-23-4)20-11-9-14-13-15(21-2)7-8-16(14)22-3;/h7-8,13H,5-6,9-12H2,1-4H3,(H2,18,19,20);1H. The van der Waals surface area contributed by atoms with Gasteiger partial charge in [0.05, 0.1) is 14.2 Å². The second-order valence-electron chi connectivity index (χ2n) is 5.05. The van der Waals surface area contributed by atoms with Gasteiger partial charge in [0.2, 0.25) is 0 Å². The van der Waals surface area contributed by atoms with Gasteiger partial charge in [-0.3, -0.25) is 4.99 Å². The molecule has 1 aromatic rings. The summed E-state index contributed by atoms with van der Waals surface area (Å²) in [4.78, 5) is 4.25. The van der Waals surface area contributed by atoms with Crippen molar-refractivity contribution in [1.29, 1.82) is 0 Å². The smallest absolute Gasteiger partial charge is 0.190 e. The molecule has 0 saturated carbocycles. The minimum absolute atomic E-state index is 0. The van der Waals surface area contributed by atoms with E-state index in [1.54, 1.807) is 21.3 Å². The van der Waals surface area contributed by atoms with E-state index < -0.39 is 0 Å². The van der Waals surface area contributed by atoms with Crippen LogP contribution in [-0.2, 0) is 6.42 Å². The Bertz CT molecular complexity index is 487. The van der Waals surface area contributed by atoms with Crippen molar-refractivity contribution in [2.75, 3.05) is 46.4 Å². The van der Waals surface area contributed by atoms with Gasteiger partial charge in [-0.05, 0) is 55.0 Å². The van der Waals surface area contributed by atoms with Crippen molar-refractivity contribution in [2.24, 2.45) is 4.99 Å². The van der Waals surface area contributed by atoms with Crippen molar-refractivity contribution >= 4 is 41.7 Å². The summed E-state index contributed by atoms with van der Waals surface area (Å²) >= 11 is 1.89. The van der Waals surface area contributed by atoms with Crippen LogP contribution in [0.2, 0.25) is 0 Å². The number of guanidine groups is 1. The Kier molecular flexibility index (Phi) is 14.0. The van der Waals surface area contributed by atoms with Crippen molar-refractivity contribution in [3.63, 3.8) is 0 Å². The molecule has 0 heterocycles. The summed E-state index contributed by atoms with van der Waals surface area (Å²) in [7, 11) is 5.16. The van der Waals surface area contributed by atoms with Crippen LogP contribution in [-0.4, -0.2) is 52.3 Å². The van der Waals surface area contributed by atoms with Gasteiger partial charge in [-0.15, -0.1) is 24.0 Å². The van der Waals surface area contributed by atoms with E-state index in [1.165, 1.54) is 12.2 Å². The summed E-state index contributed by atoms with van der Waals surface area (Å²) in [5.74, 6) is 3.78. The maximum Gasteiger partial charge on any atom is 0.190 e. The van der Waals surface area contributed by atoms with Crippen molar-refractivity contribution in [1.82, 2.24) is 10.6 Å². The minimum Gasteiger partial charge on any atom is -0.497 e. The van der Waals surface area contributed by atoms with Gasteiger partial charge in [0.15, 0.2) is 5.96 Å². The van der Waals surface area contributed by atoms with E-state index in [0.717, 1.165) is 49.0 Å². The van der Waals surface area contributed by atoms with Gasteiger partial charge in [-0.25, -0.2) is 0 Å². The monoisotopic (exact) mass is 467 g/mol. The molecular weight excluding hydrogens is 437 g/mol. The van der Waals surface area contributed by atoms with Crippen molar-refractivity contribution in [3.05, 3.63) is 23.8 Å². The molecule has 0 fully saturated rings. The van der Waals surface area contributed by atoms with Crippen molar-refractivity contribution in [2.45, 2.75) is 19.3 Å². The fourth-order valence-electron chi connectivity index (χ4n) is 2.19. The molecule has 0 spiro atoms. The first-order chi connectivity index (χ1) is 11.2. The number of methoxy groups -OCH3 is 2. The van der Waals surface area contributed by atoms with E-state index >= 15 is 0 Å². The quantitative estimate of drug-likeness (QED) is 0.240. The Balaban J connectivity index is 0.00000529. The van der Waals surface area contributed by atoms with E-state index in [0.29, 0.717) is 0 Å². The molecule has 0 bridgehead atoms. The van der Waals surface area contributed by atoms with Gasteiger partial charge < -0.3 is 20.1 Å². The maximum absolute atomic E-state index is 5.40. The molecule has 7 heteroatoms. The third-order valence-electron chi connectivity index (χ3n) is 3.47. The molecule has 0 aromatic heterocycles. The van der Waals surface area contributed by atoms with Gasteiger partial charge in [-0.2, -0.15) is 11.8 Å². The molecule has 1 aromatic carbocycles. The Hall–Kier alpha value is -0.830. The lowest BCUT2D eigenvalue weighted by molar-refractivity contribution is 0.398. The van der Waals surface area contributed by atoms with Gasteiger partial charge in [0.1, 0.15) is 11.5 Å². The summed E-state index contributed by atoms with van der Waals surface area (Å²) in [6.45, 7) is 1.73. The molecule has 0 aliphatic carbocycles. The van der Waals surface area contributed by atoms with E-state index in [1.807, 2.05) is 30.0 Å². The average molecular weight is 467 g/mol. The second kappa shape index (κ2) is 14.5. The third kappa shape index (κ3) is 8.86. The molecular formula is C17H30IN3O2S. The molecule has 0 saturated heterocycles. The van der Waals surface area contributed by atoms with Crippen LogP contribution in [0.3, 0.4) is 0 Å². The molecule has 5 nitrogen and oxygen atoms in total. The van der Waals surface area contributed by atoms with Gasteiger partial charge in [0.25, 0.3) is 0 Å². The lowest BCUT2D eigenvalue weighted by Gasteiger charge is -2.13. The number of thioether (sulfide) groups is 1. The summed E-state index contributed by atoms with van der Waals surface area (Å²) in [5.41, 5.74) is 1.12. The Morgan fingerprint density at radius 2 is 1.88 bits per heavy atom. The van der Waals surface area contributed by atoms with Crippen LogP contribution in [0.25, 0.3) is 0 Å². The van der Waals surface area contributed by atoms with Gasteiger partial charge in [0, 0.05) is 20.1 Å². The number of unbranched alkanes of at least 4 members (excludes halogenated alkanes) is 1. The van der Waals surface area contributed by atoms with Crippen LogP contribution in [0.5, 0.6) is 11.5 Å². The first-order valence-electron chi connectivity index (χ1n) is 7.89. The highest BCUT2D eigenvalue weighted by Crippen LogP contribution is 2.24. The number of aliphatic imine (C=N–C) groups is 1. The Morgan fingerprint density at radius 3 is 2.50 bits per heavy atom. The van der Waals surface area contributed by atoms with Crippen LogP contribution in [0.4, 0.5) is 0 Å². The predicted octanol–water partition coefficient (Wildman–Crippen LogP) is 3.17. The van der Waals surface area contributed by atoms with Crippen molar-refractivity contribution in [3.8, 4) is 11.5 Å². The van der Waals surface area contributed by atoms with Crippen LogP contribution in [0.15, 0.2) is 23.2 Å². The molecule has 0 atom stereocenters.